The quantitative estimate of drug-likeness (QED) is 0.636. The molecule has 0 amide bonds. The van der Waals surface area contributed by atoms with Gasteiger partial charge in [0.05, 0.1) is 6.67 Å². The zero-order valence-corrected chi connectivity index (χ0v) is 15.5. The molecule has 1 aromatic carbocycles. The zero-order valence-electron chi connectivity index (χ0n) is 14.0. The molecular formula is C17H17ClN6OS. The Balaban J connectivity index is 1.42. The van der Waals surface area contributed by atoms with Crippen LogP contribution in [0.25, 0.3) is 11.5 Å². The number of halogens is 1. The summed E-state index contributed by atoms with van der Waals surface area (Å²) in [5, 5.41) is 5.14. The molecule has 0 atom stereocenters. The fraction of sp³-hybridized carbons (Fsp3) is 0.294. The van der Waals surface area contributed by atoms with Gasteiger partial charge in [-0.3, -0.25) is 4.90 Å². The largest absolute Gasteiger partial charge is 0.409 e. The molecule has 0 unspecified atom stereocenters. The molecule has 4 rings (SSSR count). The van der Waals surface area contributed by atoms with Crippen molar-refractivity contribution in [3.63, 3.8) is 0 Å². The standard InChI is InChI=1S/C17H17ClN6OS/c18-14-4-1-3-13(11-14)15-21-24(17(26)25-15)12-22-7-9-23(10-8-22)16-19-5-2-6-20-16/h1-6,11H,7-10,12H2. The van der Waals surface area contributed by atoms with E-state index in [4.69, 9.17) is 28.2 Å². The fourth-order valence-electron chi connectivity index (χ4n) is 2.87. The van der Waals surface area contributed by atoms with Crippen molar-refractivity contribution < 1.29 is 4.42 Å². The molecular weight excluding hydrogens is 372 g/mol. The van der Waals surface area contributed by atoms with E-state index in [2.05, 4.69) is 24.9 Å². The monoisotopic (exact) mass is 388 g/mol. The number of aromatic nitrogens is 4. The molecule has 2 aromatic heterocycles. The average Bonchev–Trinajstić information content (AvgIpc) is 3.04. The lowest BCUT2D eigenvalue weighted by Gasteiger charge is -2.34. The summed E-state index contributed by atoms with van der Waals surface area (Å²) in [6, 6.07) is 9.21. The first-order chi connectivity index (χ1) is 12.7. The minimum atomic E-state index is 0.355. The zero-order chi connectivity index (χ0) is 17.9. The van der Waals surface area contributed by atoms with E-state index in [9.17, 15) is 0 Å². The van der Waals surface area contributed by atoms with Gasteiger partial charge in [-0.05, 0) is 36.5 Å². The SMILES string of the molecule is S=c1oc(-c2cccc(Cl)c2)nn1CN1CCN(c2ncccn2)CC1. The summed E-state index contributed by atoms with van der Waals surface area (Å²) in [5.74, 6) is 1.25. The third-order valence-electron chi connectivity index (χ3n) is 4.22. The van der Waals surface area contributed by atoms with Crippen LogP contribution in [0.15, 0.2) is 47.1 Å². The van der Waals surface area contributed by atoms with Crippen LogP contribution in [0.5, 0.6) is 0 Å². The van der Waals surface area contributed by atoms with Crippen LogP contribution in [0.2, 0.25) is 5.02 Å². The van der Waals surface area contributed by atoms with Crippen molar-refractivity contribution in [3.8, 4) is 11.5 Å². The maximum atomic E-state index is 6.04. The van der Waals surface area contributed by atoms with Gasteiger partial charge in [0.25, 0.3) is 4.84 Å². The molecule has 7 nitrogen and oxygen atoms in total. The van der Waals surface area contributed by atoms with Gasteiger partial charge in [-0.25, -0.2) is 14.6 Å². The highest BCUT2D eigenvalue weighted by Crippen LogP contribution is 2.21. The number of rotatable bonds is 4. The van der Waals surface area contributed by atoms with E-state index in [1.165, 1.54) is 0 Å². The van der Waals surface area contributed by atoms with Gasteiger partial charge < -0.3 is 9.32 Å². The van der Waals surface area contributed by atoms with Crippen molar-refractivity contribution in [2.24, 2.45) is 0 Å². The highest BCUT2D eigenvalue weighted by Gasteiger charge is 2.20. The lowest BCUT2D eigenvalue weighted by molar-refractivity contribution is 0.191. The molecule has 0 bridgehead atoms. The second-order valence-corrected chi connectivity index (χ2v) is 6.76. The highest BCUT2D eigenvalue weighted by atomic mass is 35.5. The molecule has 1 aliphatic rings. The predicted octanol–water partition coefficient (Wildman–Crippen LogP) is 3.10. The molecule has 0 aliphatic carbocycles. The Labute approximate surface area is 160 Å². The Morgan fingerprint density at radius 1 is 1.08 bits per heavy atom. The van der Waals surface area contributed by atoms with E-state index in [1.807, 2.05) is 30.3 Å². The number of hydrogen-bond acceptors (Lipinski definition) is 7. The van der Waals surface area contributed by atoms with Crippen LogP contribution in [0.3, 0.4) is 0 Å². The summed E-state index contributed by atoms with van der Waals surface area (Å²) in [6.07, 6.45) is 3.53. The molecule has 0 spiro atoms. The Morgan fingerprint density at radius 2 is 1.85 bits per heavy atom. The van der Waals surface area contributed by atoms with Gasteiger partial charge in [-0.1, -0.05) is 17.7 Å². The molecule has 1 aliphatic heterocycles. The minimum absolute atomic E-state index is 0.355. The van der Waals surface area contributed by atoms with Crippen LogP contribution >= 0.6 is 23.8 Å². The van der Waals surface area contributed by atoms with Crippen molar-refractivity contribution >= 4 is 29.8 Å². The van der Waals surface area contributed by atoms with Crippen LogP contribution < -0.4 is 4.90 Å². The van der Waals surface area contributed by atoms with E-state index in [1.54, 1.807) is 17.1 Å². The van der Waals surface area contributed by atoms with Gasteiger partial charge in [-0.15, -0.1) is 5.10 Å². The lowest BCUT2D eigenvalue weighted by Crippen LogP contribution is -2.47. The summed E-state index contributed by atoms with van der Waals surface area (Å²) in [6.45, 7) is 4.05. The number of nitrogens with zero attached hydrogens (tertiary/aromatic N) is 6. The van der Waals surface area contributed by atoms with E-state index in [0.717, 1.165) is 37.7 Å². The average molecular weight is 389 g/mol. The molecule has 0 saturated carbocycles. The second-order valence-electron chi connectivity index (χ2n) is 5.98. The summed E-state index contributed by atoms with van der Waals surface area (Å²) in [7, 11) is 0. The van der Waals surface area contributed by atoms with Crippen LogP contribution in [0, 0.1) is 4.84 Å². The van der Waals surface area contributed by atoms with Crippen LogP contribution in [0.4, 0.5) is 5.95 Å². The summed E-state index contributed by atoms with van der Waals surface area (Å²) in [4.78, 5) is 13.4. The third kappa shape index (κ3) is 3.77. The first kappa shape index (κ1) is 17.1. The first-order valence-corrected chi connectivity index (χ1v) is 9.06. The van der Waals surface area contributed by atoms with Crippen LogP contribution in [-0.4, -0.2) is 50.8 Å². The summed E-state index contributed by atoms with van der Waals surface area (Å²) < 4.78 is 7.35. The van der Waals surface area contributed by atoms with E-state index in [0.29, 0.717) is 22.4 Å². The Morgan fingerprint density at radius 3 is 2.58 bits per heavy atom. The Hall–Kier alpha value is -2.29. The van der Waals surface area contributed by atoms with Crippen molar-refractivity contribution in [2.45, 2.75) is 6.67 Å². The van der Waals surface area contributed by atoms with Crippen LogP contribution in [-0.2, 0) is 6.67 Å². The maximum Gasteiger partial charge on any atom is 0.288 e. The number of hydrogen-bond donors (Lipinski definition) is 0. The van der Waals surface area contributed by atoms with Crippen molar-refractivity contribution in [1.29, 1.82) is 0 Å². The summed E-state index contributed by atoms with van der Waals surface area (Å²) >= 11 is 11.4. The molecule has 1 saturated heterocycles. The normalized spacial score (nSPS) is 15.3. The van der Waals surface area contributed by atoms with Gasteiger partial charge in [0.15, 0.2) is 0 Å². The number of piperazine rings is 1. The molecule has 3 heterocycles. The lowest BCUT2D eigenvalue weighted by atomic mass is 10.2. The fourth-order valence-corrected chi connectivity index (χ4v) is 3.23. The summed E-state index contributed by atoms with van der Waals surface area (Å²) in [5.41, 5.74) is 0.813. The molecule has 3 aromatic rings. The molecule has 0 N–H and O–H groups in total. The molecule has 1 fully saturated rings. The van der Waals surface area contributed by atoms with Crippen molar-refractivity contribution in [2.75, 3.05) is 31.1 Å². The van der Waals surface area contributed by atoms with Crippen molar-refractivity contribution in [3.05, 3.63) is 52.6 Å². The van der Waals surface area contributed by atoms with E-state index < -0.39 is 0 Å². The van der Waals surface area contributed by atoms with Crippen LogP contribution in [0.1, 0.15) is 0 Å². The Kier molecular flexibility index (Phi) is 4.96. The molecule has 134 valence electrons. The number of anilines is 1. The van der Waals surface area contributed by atoms with Crippen molar-refractivity contribution in [1.82, 2.24) is 24.6 Å². The molecule has 0 radical (unpaired) electrons. The van der Waals surface area contributed by atoms with Gasteiger partial charge in [-0.2, -0.15) is 0 Å². The van der Waals surface area contributed by atoms with Gasteiger partial charge >= 0.3 is 0 Å². The predicted molar refractivity (Wildman–Crippen MR) is 102 cm³/mol. The molecule has 26 heavy (non-hydrogen) atoms. The van der Waals surface area contributed by atoms with Gasteiger partial charge in [0, 0.05) is 49.2 Å². The second kappa shape index (κ2) is 7.53. The smallest absolute Gasteiger partial charge is 0.288 e. The third-order valence-corrected chi connectivity index (χ3v) is 4.75. The highest BCUT2D eigenvalue weighted by molar-refractivity contribution is 7.71. The minimum Gasteiger partial charge on any atom is -0.409 e. The molecule has 9 heteroatoms. The van der Waals surface area contributed by atoms with Gasteiger partial charge in [0.1, 0.15) is 0 Å². The maximum absolute atomic E-state index is 6.04. The first-order valence-electron chi connectivity index (χ1n) is 8.27. The topological polar surface area (TPSA) is 63.2 Å². The van der Waals surface area contributed by atoms with E-state index >= 15 is 0 Å². The number of benzene rings is 1. The Bertz CT molecular complexity index is 936. The van der Waals surface area contributed by atoms with Gasteiger partial charge in [0.2, 0.25) is 11.8 Å². The van der Waals surface area contributed by atoms with E-state index in [-0.39, 0.29) is 0 Å².